The fourth-order valence-corrected chi connectivity index (χ4v) is 1.65. The molecule has 0 spiro atoms. The van der Waals surface area contributed by atoms with Gasteiger partial charge >= 0.3 is 6.09 Å². The molecule has 5 nitrogen and oxygen atoms in total. The molecule has 0 aromatic carbocycles. The van der Waals surface area contributed by atoms with E-state index in [1.54, 1.807) is 0 Å². The molecule has 15 heavy (non-hydrogen) atoms. The lowest BCUT2D eigenvalue weighted by Gasteiger charge is -2.25. The molecule has 0 aromatic rings. The Morgan fingerprint density at radius 3 is 2.73 bits per heavy atom. The number of amides is 1. The van der Waals surface area contributed by atoms with Gasteiger partial charge in [0.1, 0.15) is 0 Å². The summed E-state index contributed by atoms with van der Waals surface area (Å²) in [6.45, 7) is 4.81. The van der Waals surface area contributed by atoms with Gasteiger partial charge in [-0.2, -0.15) is 0 Å². The predicted octanol–water partition coefficient (Wildman–Crippen LogP) is 0.554. The van der Waals surface area contributed by atoms with E-state index in [9.17, 15) is 4.79 Å². The van der Waals surface area contributed by atoms with Crippen LogP contribution in [0.15, 0.2) is 0 Å². The highest BCUT2D eigenvalue weighted by Crippen LogP contribution is 2.20. The molecule has 0 radical (unpaired) electrons. The Bertz CT molecular complexity index is 217. The van der Waals surface area contributed by atoms with Crippen LogP contribution in [0.1, 0.15) is 26.7 Å². The van der Waals surface area contributed by atoms with E-state index in [1.165, 1.54) is 4.90 Å². The quantitative estimate of drug-likeness (QED) is 0.677. The van der Waals surface area contributed by atoms with Crippen LogP contribution in [0.2, 0.25) is 0 Å². The fourth-order valence-electron chi connectivity index (χ4n) is 1.65. The summed E-state index contributed by atoms with van der Waals surface area (Å²) in [6, 6.07) is -0.510. The molecule has 88 valence electrons. The minimum absolute atomic E-state index is 0.286. The Hall–Kier alpha value is -0.810. The molecule has 1 saturated heterocycles. The molecule has 1 aliphatic heterocycles. The molecule has 1 atom stereocenters. The molecule has 0 aromatic heterocycles. The molecular weight excluding hydrogens is 198 g/mol. The van der Waals surface area contributed by atoms with Crippen LogP contribution in [0, 0.1) is 5.92 Å². The number of ether oxygens (including phenoxy) is 1. The first-order valence-electron chi connectivity index (χ1n) is 5.32. The van der Waals surface area contributed by atoms with E-state index < -0.39 is 18.4 Å². The first-order valence-corrected chi connectivity index (χ1v) is 5.32. The van der Waals surface area contributed by atoms with E-state index in [0.29, 0.717) is 19.6 Å². The van der Waals surface area contributed by atoms with E-state index in [2.05, 4.69) is 0 Å². The summed E-state index contributed by atoms with van der Waals surface area (Å²) in [6.07, 6.45) is -0.508. The normalized spacial score (nSPS) is 21.5. The smallest absolute Gasteiger partial charge is 0.410 e. The average Bonchev–Trinajstić information content (AvgIpc) is 2.62. The van der Waals surface area contributed by atoms with Gasteiger partial charge in [0.2, 0.25) is 0 Å². The zero-order chi connectivity index (χ0) is 11.4. The van der Waals surface area contributed by atoms with Crippen LogP contribution in [0.3, 0.4) is 0 Å². The fraction of sp³-hybridized carbons (Fsp3) is 0.900. The monoisotopic (exact) mass is 217 g/mol. The number of hydrogen-bond donors (Lipinski definition) is 2. The van der Waals surface area contributed by atoms with Gasteiger partial charge in [0.15, 0.2) is 6.29 Å². The van der Waals surface area contributed by atoms with Gasteiger partial charge in [-0.25, -0.2) is 4.79 Å². The minimum Gasteiger partial charge on any atom is -0.449 e. The summed E-state index contributed by atoms with van der Waals surface area (Å²) < 4.78 is 5.03. The Labute approximate surface area is 89.6 Å². The standard InChI is InChI=1S/C10H19NO4/c1-7(2)6-15-10(14)11-5-3-4-8(11)9(12)13/h7-9,12-13H,3-6H2,1-2H3. The van der Waals surface area contributed by atoms with Gasteiger partial charge in [-0.05, 0) is 18.8 Å². The van der Waals surface area contributed by atoms with Crippen LogP contribution >= 0.6 is 0 Å². The third-order valence-electron chi connectivity index (χ3n) is 2.42. The van der Waals surface area contributed by atoms with Crippen LogP contribution < -0.4 is 0 Å². The summed E-state index contributed by atoms with van der Waals surface area (Å²) in [5.74, 6) is 0.286. The van der Waals surface area contributed by atoms with E-state index >= 15 is 0 Å². The Balaban J connectivity index is 2.44. The third kappa shape index (κ3) is 3.35. The van der Waals surface area contributed by atoms with E-state index in [1.807, 2.05) is 13.8 Å². The van der Waals surface area contributed by atoms with Crippen LogP contribution in [-0.4, -0.2) is 46.7 Å². The van der Waals surface area contributed by atoms with E-state index in [-0.39, 0.29) is 5.92 Å². The second kappa shape index (κ2) is 5.32. The molecule has 1 heterocycles. The van der Waals surface area contributed by atoms with Gasteiger partial charge in [0.05, 0.1) is 12.6 Å². The van der Waals surface area contributed by atoms with E-state index in [4.69, 9.17) is 14.9 Å². The number of rotatable bonds is 3. The lowest BCUT2D eigenvalue weighted by molar-refractivity contribution is -0.0873. The second-order valence-electron chi connectivity index (χ2n) is 4.29. The zero-order valence-corrected chi connectivity index (χ0v) is 9.22. The van der Waals surface area contributed by atoms with Crippen LogP contribution in [-0.2, 0) is 4.74 Å². The maximum atomic E-state index is 11.5. The lowest BCUT2D eigenvalue weighted by Crippen LogP contribution is -2.43. The molecule has 0 bridgehead atoms. The maximum Gasteiger partial charge on any atom is 0.410 e. The number of likely N-dealkylation sites (tertiary alicyclic amines) is 1. The highest BCUT2D eigenvalue weighted by molar-refractivity contribution is 5.68. The van der Waals surface area contributed by atoms with Crippen molar-refractivity contribution in [2.24, 2.45) is 5.92 Å². The average molecular weight is 217 g/mol. The van der Waals surface area contributed by atoms with E-state index in [0.717, 1.165) is 6.42 Å². The number of hydrogen-bond acceptors (Lipinski definition) is 4. The molecule has 0 aliphatic carbocycles. The van der Waals surface area contributed by atoms with Crippen LogP contribution in [0.4, 0.5) is 4.79 Å². The topological polar surface area (TPSA) is 70.0 Å². The molecule has 1 unspecified atom stereocenters. The largest absolute Gasteiger partial charge is 0.449 e. The highest BCUT2D eigenvalue weighted by atomic mass is 16.6. The summed E-state index contributed by atoms with van der Waals surface area (Å²) in [7, 11) is 0. The Morgan fingerprint density at radius 1 is 1.53 bits per heavy atom. The number of aliphatic hydroxyl groups is 2. The molecule has 5 heteroatoms. The summed E-state index contributed by atoms with van der Waals surface area (Å²) in [5, 5.41) is 18.1. The molecule has 2 N–H and O–H groups in total. The van der Waals surface area contributed by atoms with Gasteiger partial charge in [-0.3, -0.25) is 0 Å². The van der Waals surface area contributed by atoms with Crippen molar-refractivity contribution >= 4 is 6.09 Å². The number of carbonyl (C=O) groups is 1. The van der Waals surface area contributed by atoms with Crippen molar-refractivity contribution in [2.45, 2.75) is 39.0 Å². The maximum absolute atomic E-state index is 11.5. The highest BCUT2D eigenvalue weighted by Gasteiger charge is 2.34. The summed E-state index contributed by atoms with van der Waals surface area (Å²) in [4.78, 5) is 12.9. The first-order chi connectivity index (χ1) is 7.02. The molecule has 1 rings (SSSR count). The lowest BCUT2D eigenvalue weighted by atomic mass is 10.2. The summed E-state index contributed by atoms with van der Waals surface area (Å²) >= 11 is 0. The molecule has 1 aliphatic rings. The van der Waals surface area contributed by atoms with Crippen LogP contribution in [0.25, 0.3) is 0 Å². The Kier molecular flexibility index (Phi) is 4.35. The van der Waals surface area contributed by atoms with Crippen molar-refractivity contribution in [1.82, 2.24) is 4.90 Å². The zero-order valence-electron chi connectivity index (χ0n) is 9.22. The van der Waals surface area contributed by atoms with Crippen molar-refractivity contribution < 1.29 is 19.7 Å². The molecule has 1 amide bonds. The van der Waals surface area contributed by atoms with Crippen molar-refractivity contribution in [3.05, 3.63) is 0 Å². The third-order valence-corrected chi connectivity index (χ3v) is 2.42. The Morgan fingerprint density at radius 2 is 2.20 bits per heavy atom. The van der Waals surface area contributed by atoms with Gasteiger partial charge in [-0.15, -0.1) is 0 Å². The number of carbonyl (C=O) groups excluding carboxylic acids is 1. The number of nitrogens with zero attached hydrogens (tertiary/aromatic N) is 1. The molecule has 0 saturated carbocycles. The van der Waals surface area contributed by atoms with Crippen molar-refractivity contribution in [1.29, 1.82) is 0 Å². The minimum atomic E-state index is -1.47. The van der Waals surface area contributed by atoms with Crippen molar-refractivity contribution in [2.75, 3.05) is 13.2 Å². The SMILES string of the molecule is CC(C)COC(=O)N1CCCC1C(O)O. The second-order valence-corrected chi connectivity index (χ2v) is 4.29. The van der Waals surface area contributed by atoms with Crippen molar-refractivity contribution in [3.63, 3.8) is 0 Å². The van der Waals surface area contributed by atoms with Gasteiger partial charge in [-0.1, -0.05) is 13.8 Å². The molecule has 1 fully saturated rings. The number of aliphatic hydroxyl groups excluding tert-OH is 1. The van der Waals surface area contributed by atoms with Gasteiger partial charge in [0.25, 0.3) is 0 Å². The van der Waals surface area contributed by atoms with Gasteiger partial charge < -0.3 is 19.8 Å². The molecular formula is C10H19NO4. The predicted molar refractivity (Wildman–Crippen MR) is 54.1 cm³/mol. The van der Waals surface area contributed by atoms with Crippen LogP contribution in [0.5, 0.6) is 0 Å². The first kappa shape index (κ1) is 12.3. The van der Waals surface area contributed by atoms with Gasteiger partial charge in [0, 0.05) is 6.54 Å². The van der Waals surface area contributed by atoms with Crippen molar-refractivity contribution in [3.8, 4) is 0 Å². The summed E-state index contributed by atoms with van der Waals surface area (Å²) in [5.41, 5.74) is 0.